The summed E-state index contributed by atoms with van der Waals surface area (Å²) in [5.41, 5.74) is 0. The molecular formula is C8H13NO2S2. The second kappa shape index (κ2) is 4.93. The molecule has 0 aromatic rings. The Kier molecular flexibility index (Phi) is 4.15. The first-order valence-corrected chi connectivity index (χ1v) is 5.38. The van der Waals surface area contributed by atoms with E-state index in [1.807, 2.05) is 19.0 Å². The number of ether oxygens (including phenoxy) is 1. The van der Waals surface area contributed by atoms with Crippen molar-refractivity contribution in [3.05, 3.63) is 0 Å². The number of thiocarbonyl (C=S) groups is 1. The van der Waals surface area contributed by atoms with Crippen LogP contribution in [0.2, 0.25) is 0 Å². The van der Waals surface area contributed by atoms with Gasteiger partial charge in [-0.25, -0.2) is 0 Å². The third-order valence-corrected chi connectivity index (χ3v) is 3.63. The summed E-state index contributed by atoms with van der Waals surface area (Å²) in [6, 6.07) is 0. The summed E-state index contributed by atoms with van der Waals surface area (Å²) in [5, 5.41) is -0.0938. The first-order valence-electron chi connectivity index (χ1n) is 4.09. The highest BCUT2D eigenvalue weighted by molar-refractivity contribution is 8.23. The summed E-state index contributed by atoms with van der Waals surface area (Å²) >= 11 is 6.51. The molecule has 1 atom stereocenters. The van der Waals surface area contributed by atoms with Crippen LogP contribution in [-0.2, 0) is 9.53 Å². The predicted octanol–water partition coefficient (Wildman–Crippen LogP) is 0.924. The largest absolute Gasteiger partial charge is 0.379 e. The molecule has 0 N–H and O–H groups in total. The molecule has 1 aliphatic rings. The van der Waals surface area contributed by atoms with Gasteiger partial charge >= 0.3 is 0 Å². The van der Waals surface area contributed by atoms with E-state index in [0.717, 1.165) is 4.32 Å². The summed E-state index contributed by atoms with van der Waals surface area (Å²) in [6.45, 7) is 1.06. The van der Waals surface area contributed by atoms with Crippen molar-refractivity contribution in [3.8, 4) is 0 Å². The van der Waals surface area contributed by atoms with Gasteiger partial charge in [0.1, 0.15) is 4.32 Å². The molecule has 1 aliphatic heterocycles. The SMILES string of the molecule is CN(C)C(=S)SC1COCCC1=O. The lowest BCUT2D eigenvalue weighted by atomic mass is 10.2. The predicted molar refractivity (Wildman–Crippen MR) is 58.1 cm³/mol. The summed E-state index contributed by atoms with van der Waals surface area (Å²) in [4.78, 5) is 13.2. The van der Waals surface area contributed by atoms with E-state index in [-0.39, 0.29) is 11.0 Å². The maximum absolute atomic E-state index is 11.4. The fourth-order valence-corrected chi connectivity index (χ4v) is 2.16. The van der Waals surface area contributed by atoms with Crippen LogP contribution in [0.5, 0.6) is 0 Å². The van der Waals surface area contributed by atoms with Crippen molar-refractivity contribution in [2.75, 3.05) is 27.3 Å². The topological polar surface area (TPSA) is 29.5 Å². The van der Waals surface area contributed by atoms with Gasteiger partial charge in [0.25, 0.3) is 0 Å². The van der Waals surface area contributed by atoms with E-state index < -0.39 is 0 Å². The fraction of sp³-hybridized carbons (Fsp3) is 0.750. The van der Waals surface area contributed by atoms with Crippen molar-refractivity contribution in [1.82, 2.24) is 4.90 Å². The van der Waals surface area contributed by atoms with Crippen LogP contribution in [0.4, 0.5) is 0 Å². The van der Waals surface area contributed by atoms with Gasteiger partial charge in [-0.3, -0.25) is 4.79 Å². The molecule has 74 valence electrons. The molecule has 0 saturated carbocycles. The smallest absolute Gasteiger partial charge is 0.150 e. The monoisotopic (exact) mass is 219 g/mol. The Labute approximate surface area is 87.8 Å². The highest BCUT2D eigenvalue weighted by Gasteiger charge is 2.25. The minimum absolute atomic E-state index is 0.0938. The normalized spacial score (nSPS) is 22.9. The number of carbonyl (C=O) groups is 1. The molecule has 0 aromatic heterocycles. The summed E-state index contributed by atoms with van der Waals surface area (Å²) < 4.78 is 5.95. The van der Waals surface area contributed by atoms with Crippen LogP contribution >= 0.6 is 24.0 Å². The molecule has 1 unspecified atom stereocenters. The zero-order chi connectivity index (χ0) is 9.84. The Morgan fingerprint density at radius 2 is 2.38 bits per heavy atom. The van der Waals surface area contributed by atoms with Gasteiger partial charge in [0, 0.05) is 20.5 Å². The Hall–Kier alpha value is -0.130. The lowest BCUT2D eigenvalue weighted by Gasteiger charge is -2.22. The first-order chi connectivity index (χ1) is 6.11. The molecule has 0 amide bonds. The van der Waals surface area contributed by atoms with E-state index in [2.05, 4.69) is 0 Å². The maximum atomic E-state index is 11.4. The lowest BCUT2D eigenvalue weighted by Crippen LogP contribution is -2.32. The molecule has 0 aliphatic carbocycles. The number of carbonyl (C=O) groups excluding carboxylic acids is 1. The molecule has 1 rings (SSSR count). The first kappa shape index (κ1) is 10.9. The minimum atomic E-state index is -0.0938. The molecule has 5 heteroatoms. The molecule has 1 saturated heterocycles. The standard InChI is InChI=1S/C8H13NO2S2/c1-9(2)8(12)13-7-5-11-4-3-6(7)10/h7H,3-5H2,1-2H3. The minimum Gasteiger partial charge on any atom is -0.379 e. The van der Waals surface area contributed by atoms with Crippen LogP contribution in [0.3, 0.4) is 0 Å². The van der Waals surface area contributed by atoms with Crippen LogP contribution in [-0.4, -0.2) is 47.6 Å². The van der Waals surface area contributed by atoms with Crippen LogP contribution in [0, 0.1) is 0 Å². The molecule has 13 heavy (non-hydrogen) atoms. The number of thioether (sulfide) groups is 1. The highest BCUT2D eigenvalue weighted by atomic mass is 32.2. The van der Waals surface area contributed by atoms with E-state index >= 15 is 0 Å². The van der Waals surface area contributed by atoms with Gasteiger partial charge in [0.15, 0.2) is 5.78 Å². The number of hydrogen-bond acceptors (Lipinski definition) is 4. The molecule has 0 aromatic carbocycles. The van der Waals surface area contributed by atoms with Crippen molar-refractivity contribution < 1.29 is 9.53 Å². The second-order valence-corrected chi connectivity index (χ2v) is 4.89. The maximum Gasteiger partial charge on any atom is 0.150 e. The Bertz CT molecular complexity index is 218. The summed E-state index contributed by atoms with van der Waals surface area (Å²) in [7, 11) is 3.76. The third-order valence-electron chi connectivity index (χ3n) is 1.73. The van der Waals surface area contributed by atoms with E-state index in [1.165, 1.54) is 11.8 Å². The Morgan fingerprint density at radius 3 is 2.92 bits per heavy atom. The average Bonchev–Trinajstić information content (AvgIpc) is 2.08. The van der Waals surface area contributed by atoms with Gasteiger partial charge in [-0.2, -0.15) is 0 Å². The molecule has 0 bridgehead atoms. The van der Waals surface area contributed by atoms with Crippen molar-refractivity contribution >= 4 is 34.1 Å². The van der Waals surface area contributed by atoms with Crippen LogP contribution in [0.15, 0.2) is 0 Å². The van der Waals surface area contributed by atoms with E-state index in [1.54, 1.807) is 0 Å². The molecule has 0 radical (unpaired) electrons. The zero-order valence-electron chi connectivity index (χ0n) is 7.78. The molecule has 3 nitrogen and oxygen atoms in total. The van der Waals surface area contributed by atoms with Gasteiger partial charge in [-0.05, 0) is 0 Å². The highest BCUT2D eigenvalue weighted by Crippen LogP contribution is 2.20. The quantitative estimate of drug-likeness (QED) is 0.612. The Balaban J connectivity index is 2.43. The van der Waals surface area contributed by atoms with Crippen LogP contribution in [0.1, 0.15) is 6.42 Å². The molecular weight excluding hydrogens is 206 g/mol. The van der Waals surface area contributed by atoms with Crippen LogP contribution in [0.25, 0.3) is 0 Å². The van der Waals surface area contributed by atoms with Gasteiger partial charge in [-0.1, -0.05) is 24.0 Å². The van der Waals surface area contributed by atoms with E-state index in [9.17, 15) is 4.79 Å². The molecule has 1 fully saturated rings. The van der Waals surface area contributed by atoms with Crippen molar-refractivity contribution in [2.24, 2.45) is 0 Å². The van der Waals surface area contributed by atoms with E-state index in [0.29, 0.717) is 19.6 Å². The van der Waals surface area contributed by atoms with E-state index in [4.69, 9.17) is 17.0 Å². The number of nitrogens with zero attached hydrogens (tertiary/aromatic N) is 1. The van der Waals surface area contributed by atoms with Gasteiger partial charge < -0.3 is 9.64 Å². The average molecular weight is 219 g/mol. The van der Waals surface area contributed by atoms with Crippen molar-refractivity contribution in [1.29, 1.82) is 0 Å². The van der Waals surface area contributed by atoms with Gasteiger partial charge in [0.2, 0.25) is 0 Å². The number of rotatable bonds is 1. The Morgan fingerprint density at radius 1 is 1.69 bits per heavy atom. The number of Topliss-reactive ketones (excluding diaryl/α,β-unsaturated/α-hetero) is 1. The van der Waals surface area contributed by atoms with Gasteiger partial charge in [-0.15, -0.1) is 0 Å². The third kappa shape index (κ3) is 3.25. The van der Waals surface area contributed by atoms with Crippen molar-refractivity contribution in [3.63, 3.8) is 0 Å². The fourth-order valence-electron chi connectivity index (χ4n) is 0.944. The molecule has 0 spiro atoms. The lowest BCUT2D eigenvalue weighted by molar-refractivity contribution is -0.123. The molecule has 1 heterocycles. The van der Waals surface area contributed by atoms with Crippen molar-refractivity contribution in [2.45, 2.75) is 11.7 Å². The summed E-state index contributed by atoms with van der Waals surface area (Å²) in [5.74, 6) is 0.250. The number of hydrogen-bond donors (Lipinski definition) is 0. The number of ketones is 1. The van der Waals surface area contributed by atoms with Crippen LogP contribution < -0.4 is 0 Å². The zero-order valence-corrected chi connectivity index (χ0v) is 9.41. The van der Waals surface area contributed by atoms with Gasteiger partial charge in [0.05, 0.1) is 18.5 Å². The second-order valence-electron chi connectivity index (χ2n) is 3.06. The summed E-state index contributed by atoms with van der Waals surface area (Å²) in [6.07, 6.45) is 0.522.